The Morgan fingerprint density at radius 2 is 2.16 bits per heavy atom. The Balaban J connectivity index is 2.03. The Labute approximate surface area is 113 Å². The van der Waals surface area contributed by atoms with Crippen molar-refractivity contribution in [3.8, 4) is 0 Å². The molecule has 2 N–H and O–H groups in total. The van der Waals surface area contributed by atoms with Crippen LogP contribution in [0.2, 0.25) is 0 Å². The van der Waals surface area contributed by atoms with Gasteiger partial charge < -0.3 is 20.1 Å². The highest BCUT2D eigenvalue weighted by molar-refractivity contribution is 5.65. The van der Waals surface area contributed by atoms with E-state index in [0.717, 1.165) is 30.9 Å². The number of hydrogen-bond acceptors (Lipinski definition) is 3. The highest BCUT2D eigenvalue weighted by Gasteiger charge is 2.17. The number of carboxylic acid groups (broad SMARTS) is 1. The highest BCUT2D eigenvalue weighted by Crippen LogP contribution is 2.21. The first kappa shape index (κ1) is 13.7. The average Bonchev–Trinajstić information content (AvgIpc) is 2.38. The summed E-state index contributed by atoms with van der Waals surface area (Å²) in [7, 11) is 0. The number of amides is 1. The van der Waals surface area contributed by atoms with Gasteiger partial charge in [-0.25, -0.2) is 4.79 Å². The van der Waals surface area contributed by atoms with E-state index < -0.39 is 6.09 Å². The van der Waals surface area contributed by atoms with Gasteiger partial charge in [0.05, 0.1) is 18.8 Å². The number of carbonyl (C=O) groups is 1. The predicted octanol–water partition coefficient (Wildman–Crippen LogP) is 2.24. The van der Waals surface area contributed by atoms with Crippen LogP contribution in [-0.2, 0) is 4.74 Å². The van der Waals surface area contributed by atoms with E-state index in [1.807, 2.05) is 31.2 Å². The lowest BCUT2D eigenvalue weighted by Gasteiger charge is -2.33. The van der Waals surface area contributed by atoms with Gasteiger partial charge in [-0.05, 0) is 31.5 Å². The van der Waals surface area contributed by atoms with Crippen molar-refractivity contribution in [1.29, 1.82) is 0 Å². The zero-order valence-electron chi connectivity index (χ0n) is 11.3. The van der Waals surface area contributed by atoms with E-state index in [0.29, 0.717) is 0 Å². The van der Waals surface area contributed by atoms with Crippen molar-refractivity contribution >= 4 is 11.8 Å². The number of rotatable bonds is 3. The zero-order chi connectivity index (χ0) is 13.8. The molecule has 0 aromatic heterocycles. The summed E-state index contributed by atoms with van der Waals surface area (Å²) in [6.07, 6.45) is -0.750. The summed E-state index contributed by atoms with van der Waals surface area (Å²) in [6.45, 7) is 6.44. The standard InChI is InChI=1S/C14H20N2O3/c1-10-9-16(7-8-19-10)13-5-3-12(4-6-13)11(2)15-14(17)18/h3-6,10-11,15H,7-9H2,1-2H3,(H,17,18)/t10?,11-/m1/s1. The summed E-state index contributed by atoms with van der Waals surface area (Å²) >= 11 is 0. The van der Waals surface area contributed by atoms with Crippen LogP contribution in [0.25, 0.3) is 0 Å². The molecule has 1 aromatic rings. The lowest BCUT2D eigenvalue weighted by atomic mass is 10.1. The molecule has 2 atom stereocenters. The summed E-state index contributed by atoms with van der Waals surface area (Å²) in [5.41, 5.74) is 2.12. The van der Waals surface area contributed by atoms with Crippen molar-refractivity contribution in [3.63, 3.8) is 0 Å². The first-order chi connectivity index (χ1) is 9.06. The van der Waals surface area contributed by atoms with Crippen LogP contribution >= 0.6 is 0 Å². The molecule has 1 aliphatic heterocycles. The number of anilines is 1. The topological polar surface area (TPSA) is 61.8 Å². The molecule has 1 aliphatic rings. The van der Waals surface area contributed by atoms with Gasteiger partial charge in [-0.15, -0.1) is 0 Å². The molecule has 1 saturated heterocycles. The molecule has 1 amide bonds. The number of benzene rings is 1. The van der Waals surface area contributed by atoms with E-state index in [-0.39, 0.29) is 12.1 Å². The Hall–Kier alpha value is -1.75. The molecular weight excluding hydrogens is 244 g/mol. The second-order valence-corrected chi connectivity index (χ2v) is 4.89. The molecule has 0 saturated carbocycles. The summed E-state index contributed by atoms with van der Waals surface area (Å²) in [6, 6.07) is 7.81. The molecule has 0 aliphatic carbocycles. The quantitative estimate of drug-likeness (QED) is 0.879. The van der Waals surface area contributed by atoms with Crippen molar-refractivity contribution < 1.29 is 14.6 Å². The Bertz CT molecular complexity index is 433. The third-order valence-corrected chi connectivity index (χ3v) is 3.34. The molecule has 5 heteroatoms. The molecule has 1 heterocycles. The minimum atomic E-state index is -1.00. The third-order valence-electron chi connectivity index (χ3n) is 3.34. The van der Waals surface area contributed by atoms with Crippen LogP contribution in [0.15, 0.2) is 24.3 Å². The molecule has 1 aromatic carbocycles. The first-order valence-electron chi connectivity index (χ1n) is 6.52. The van der Waals surface area contributed by atoms with Crippen molar-refractivity contribution in [2.24, 2.45) is 0 Å². The number of ether oxygens (including phenoxy) is 1. The van der Waals surface area contributed by atoms with E-state index in [4.69, 9.17) is 9.84 Å². The normalized spacial score (nSPS) is 20.9. The molecule has 104 valence electrons. The third kappa shape index (κ3) is 3.61. The van der Waals surface area contributed by atoms with Crippen molar-refractivity contribution in [2.45, 2.75) is 26.0 Å². The van der Waals surface area contributed by atoms with Gasteiger partial charge in [-0.3, -0.25) is 0 Å². The fraction of sp³-hybridized carbons (Fsp3) is 0.500. The van der Waals surface area contributed by atoms with Crippen LogP contribution in [-0.4, -0.2) is 37.0 Å². The second kappa shape index (κ2) is 5.93. The molecule has 0 radical (unpaired) electrons. The van der Waals surface area contributed by atoms with Gasteiger partial charge in [-0.1, -0.05) is 12.1 Å². The first-order valence-corrected chi connectivity index (χ1v) is 6.52. The van der Waals surface area contributed by atoms with Crippen molar-refractivity contribution in [3.05, 3.63) is 29.8 Å². The maximum Gasteiger partial charge on any atom is 0.405 e. The second-order valence-electron chi connectivity index (χ2n) is 4.89. The minimum Gasteiger partial charge on any atom is -0.465 e. The largest absolute Gasteiger partial charge is 0.465 e. The SMILES string of the molecule is CC1CN(c2ccc([C@@H](C)NC(=O)O)cc2)CCO1. The van der Waals surface area contributed by atoms with Crippen LogP contribution in [0, 0.1) is 0 Å². The van der Waals surface area contributed by atoms with E-state index >= 15 is 0 Å². The predicted molar refractivity (Wildman–Crippen MR) is 73.6 cm³/mol. The lowest BCUT2D eigenvalue weighted by molar-refractivity contribution is 0.0532. The molecule has 1 fully saturated rings. The van der Waals surface area contributed by atoms with Gasteiger partial charge >= 0.3 is 6.09 Å². The average molecular weight is 264 g/mol. The van der Waals surface area contributed by atoms with Crippen LogP contribution < -0.4 is 10.2 Å². The summed E-state index contributed by atoms with van der Waals surface area (Å²) < 4.78 is 5.52. The zero-order valence-corrected chi connectivity index (χ0v) is 11.3. The van der Waals surface area contributed by atoms with Crippen LogP contribution in [0.4, 0.5) is 10.5 Å². The molecule has 0 spiro atoms. The van der Waals surface area contributed by atoms with E-state index in [2.05, 4.69) is 17.1 Å². The Morgan fingerprint density at radius 3 is 2.74 bits per heavy atom. The number of nitrogens with zero attached hydrogens (tertiary/aromatic N) is 1. The van der Waals surface area contributed by atoms with Gasteiger partial charge in [0.2, 0.25) is 0 Å². The van der Waals surface area contributed by atoms with Crippen LogP contribution in [0.3, 0.4) is 0 Å². The van der Waals surface area contributed by atoms with Gasteiger partial charge in [0.15, 0.2) is 0 Å². The molecule has 1 unspecified atom stereocenters. The van der Waals surface area contributed by atoms with E-state index in [1.54, 1.807) is 0 Å². The molecule has 5 nitrogen and oxygen atoms in total. The summed E-state index contributed by atoms with van der Waals surface area (Å²) in [5, 5.41) is 11.1. The van der Waals surface area contributed by atoms with Gasteiger partial charge in [0.25, 0.3) is 0 Å². The van der Waals surface area contributed by atoms with Crippen LogP contribution in [0.1, 0.15) is 25.5 Å². The molecule has 19 heavy (non-hydrogen) atoms. The monoisotopic (exact) mass is 264 g/mol. The fourth-order valence-electron chi connectivity index (χ4n) is 2.30. The maximum absolute atomic E-state index is 10.6. The molecule has 2 rings (SSSR count). The van der Waals surface area contributed by atoms with Gasteiger partial charge in [0.1, 0.15) is 0 Å². The highest BCUT2D eigenvalue weighted by atomic mass is 16.5. The smallest absolute Gasteiger partial charge is 0.405 e. The lowest BCUT2D eigenvalue weighted by Crippen LogP contribution is -2.41. The summed E-state index contributed by atoms with van der Waals surface area (Å²) in [4.78, 5) is 12.9. The maximum atomic E-state index is 10.6. The van der Waals surface area contributed by atoms with Gasteiger partial charge in [-0.2, -0.15) is 0 Å². The fourth-order valence-corrected chi connectivity index (χ4v) is 2.30. The van der Waals surface area contributed by atoms with Crippen molar-refractivity contribution in [1.82, 2.24) is 5.32 Å². The number of hydrogen-bond donors (Lipinski definition) is 2. The summed E-state index contributed by atoms with van der Waals surface area (Å²) in [5.74, 6) is 0. The van der Waals surface area contributed by atoms with Gasteiger partial charge in [0, 0.05) is 18.8 Å². The Morgan fingerprint density at radius 1 is 1.47 bits per heavy atom. The molecule has 0 bridgehead atoms. The minimum absolute atomic E-state index is 0.199. The van der Waals surface area contributed by atoms with E-state index in [9.17, 15) is 4.79 Å². The van der Waals surface area contributed by atoms with E-state index in [1.165, 1.54) is 0 Å². The van der Waals surface area contributed by atoms with Crippen molar-refractivity contribution in [2.75, 3.05) is 24.6 Å². The molecular formula is C14H20N2O3. The Kier molecular flexibility index (Phi) is 4.27. The number of morpholine rings is 1. The van der Waals surface area contributed by atoms with Crippen LogP contribution in [0.5, 0.6) is 0 Å². The number of nitrogens with one attached hydrogen (secondary N) is 1.